The maximum atomic E-state index is 5.51. The summed E-state index contributed by atoms with van der Waals surface area (Å²) in [5.41, 5.74) is 9.41. The Bertz CT molecular complexity index is 1200. The second kappa shape index (κ2) is 12.6. The van der Waals surface area contributed by atoms with Crippen LogP contribution < -0.4 is 10.1 Å². The van der Waals surface area contributed by atoms with E-state index in [-0.39, 0.29) is 0 Å². The topological polar surface area (TPSA) is 24.5 Å². The van der Waals surface area contributed by atoms with Crippen molar-refractivity contribution in [1.82, 2.24) is 10.2 Å². The first-order valence-electron chi connectivity index (χ1n) is 13.2. The van der Waals surface area contributed by atoms with E-state index in [1.165, 1.54) is 39.1 Å². The summed E-state index contributed by atoms with van der Waals surface area (Å²) in [5.74, 6) is 0.942. The van der Waals surface area contributed by atoms with E-state index in [9.17, 15) is 0 Å². The molecule has 0 amide bonds. The second-order valence-electron chi connectivity index (χ2n) is 9.72. The Morgan fingerprint density at radius 3 is 2.61 bits per heavy atom. The Labute approximate surface area is 217 Å². The molecule has 1 heterocycles. The van der Waals surface area contributed by atoms with E-state index in [0.29, 0.717) is 6.04 Å². The van der Waals surface area contributed by atoms with Gasteiger partial charge in [0.05, 0.1) is 7.11 Å². The Balaban J connectivity index is 1.46. The molecule has 3 nitrogen and oxygen atoms in total. The van der Waals surface area contributed by atoms with Crippen LogP contribution in [0.25, 0.3) is 11.8 Å². The predicted octanol–water partition coefficient (Wildman–Crippen LogP) is 7.65. The molecule has 0 spiro atoms. The van der Waals surface area contributed by atoms with Gasteiger partial charge < -0.3 is 10.1 Å². The van der Waals surface area contributed by atoms with Gasteiger partial charge in [-0.05, 0) is 67.5 Å². The van der Waals surface area contributed by atoms with Crippen LogP contribution in [0.3, 0.4) is 0 Å². The molecule has 0 fully saturated rings. The molecule has 1 aliphatic heterocycles. The fourth-order valence-corrected chi connectivity index (χ4v) is 5.11. The van der Waals surface area contributed by atoms with Gasteiger partial charge in [-0.2, -0.15) is 0 Å². The van der Waals surface area contributed by atoms with Crippen molar-refractivity contribution in [3.8, 4) is 5.75 Å². The molecular weight excluding hydrogens is 440 g/mol. The molecule has 3 aromatic carbocycles. The minimum Gasteiger partial charge on any atom is -0.497 e. The molecule has 1 atom stereocenters. The van der Waals surface area contributed by atoms with Crippen LogP contribution in [0.2, 0.25) is 0 Å². The predicted molar refractivity (Wildman–Crippen MR) is 153 cm³/mol. The van der Waals surface area contributed by atoms with Crippen molar-refractivity contribution >= 4 is 11.8 Å². The lowest BCUT2D eigenvalue weighted by Gasteiger charge is -2.36. The monoisotopic (exact) mass is 480 g/mol. The molecule has 0 aromatic heterocycles. The number of nitrogens with zero attached hydrogens (tertiary/aromatic N) is 1. The van der Waals surface area contributed by atoms with Gasteiger partial charge in [-0.1, -0.05) is 85.3 Å². The van der Waals surface area contributed by atoms with Crippen LogP contribution in [-0.2, 0) is 13.0 Å². The first-order valence-corrected chi connectivity index (χ1v) is 13.2. The summed E-state index contributed by atoms with van der Waals surface area (Å²) < 4.78 is 5.51. The highest BCUT2D eigenvalue weighted by atomic mass is 16.5. The van der Waals surface area contributed by atoms with Crippen LogP contribution >= 0.6 is 0 Å². The van der Waals surface area contributed by atoms with Crippen molar-refractivity contribution in [3.63, 3.8) is 0 Å². The van der Waals surface area contributed by atoms with Gasteiger partial charge in [0.25, 0.3) is 0 Å². The average molecular weight is 481 g/mol. The zero-order chi connectivity index (χ0) is 25.3. The lowest BCUT2D eigenvalue weighted by Crippen LogP contribution is -2.34. The van der Waals surface area contributed by atoms with Crippen LogP contribution in [0.15, 0.2) is 84.4 Å². The molecule has 36 heavy (non-hydrogen) atoms. The van der Waals surface area contributed by atoms with Crippen LogP contribution in [0, 0.1) is 0 Å². The Morgan fingerprint density at radius 1 is 1.06 bits per heavy atom. The second-order valence-corrected chi connectivity index (χ2v) is 9.72. The Kier molecular flexibility index (Phi) is 9.02. The number of nitrogens with one attached hydrogen (secondary N) is 1. The van der Waals surface area contributed by atoms with Gasteiger partial charge in [0, 0.05) is 36.9 Å². The number of ether oxygens (including phenoxy) is 1. The summed E-state index contributed by atoms with van der Waals surface area (Å²) in [5, 5.41) is 3.76. The largest absolute Gasteiger partial charge is 0.497 e. The number of benzene rings is 3. The lowest BCUT2D eigenvalue weighted by molar-refractivity contribution is 0.189. The van der Waals surface area contributed by atoms with Crippen molar-refractivity contribution in [2.45, 2.75) is 52.6 Å². The van der Waals surface area contributed by atoms with E-state index in [4.69, 9.17) is 4.74 Å². The van der Waals surface area contributed by atoms with Crippen molar-refractivity contribution in [3.05, 3.63) is 112 Å². The van der Waals surface area contributed by atoms with Gasteiger partial charge in [-0.25, -0.2) is 0 Å². The maximum absolute atomic E-state index is 5.51. The molecule has 0 aliphatic carbocycles. The molecule has 1 N–H and O–H groups in total. The fourth-order valence-electron chi connectivity index (χ4n) is 5.11. The highest BCUT2D eigenvalue weighted by Gasteiger charge is 2.25. The third-order valence-corrected chi connectivity index (χ3v) is 7.16. The standard InChI is InChI=1S/C33H40N2O/c1-5-11-33(34-20-18-25(2)22-27-12-7-6-8-13-27)31-15-10-9-14-29(31)24-35-21-19-28-16-17-30(36-4)23-32(28)26(35)3/h6-17,22-23,26,34H,5,18-21,24H2,1-4H3/b25-22+,33-11+. The maximum Gasteiger partial charge on any atom is 0.119 e. The molecule has 4 rings (SSSR count). The quantitative estimate of drug-likeness (QED) is 0.322. The molecule has 3 heteroatoms. The number of allylic oxidation sites excluding steroid dienone is 1. The SMILES string of the molecule is CC/C=C(/NCC/C(C)=C/c1ccccc1)c1ccccc1CN1CCc2ccc(OC)cc2C1C. The van der Waals surface area contributed by atoms with Crippen LogP contribution in [0.4, 0.5) is 0 Å². The average Bonchev–Trinajstić information content (AvgIpc) is 2.90. The van der Waals surface area contributed by atoms with Gasteiger partial charge >= 0.3 is 0 Å². The molecule has 3 aromatic rings. The van der Waals surface area contributed by atoms with E-state index in [1.807, 2.05) is 0 Å². The Hall–Kier alpha value is -3.30. The van der Waals surface area contributed by atoms with Gasteiger partial charge in [0.1, 0.15) is 5.75 Å². The molecule has 1 unspecified atom stereocenters. The summed E-state index contributed by atoms with van der Waals surface area (Å²) in [7, 11) is 1.75. The molecule has 0 saturated heterocycles. The molecular formula is C33H40N2O. The van der Waals surface area contributed by atoms with E-state index in [2.05, 4.69) is 116 Å². The number of methoxy groups -OCH3 is 1. The van der Waals surface area contributed by atoms with Crippen LogP contribution in [0.1, 0.15) is 67.5 Å². The Morgan fingerprint density at radius 2 is 1.83 bits per heavy atom. The number of rotatable bonds is 10. The third kappa shape index (κ3) is 6.47. The van der Waals surface area contributed by atoms with Gasteiger partial charge in [-0.3, -0.25) is 4.90 Å². The summed E-state index contributed by atoms with van der Waals surface area (Å²) in [6.45, 7) is 9.67. The van der Waals surface area contributed by atoms with E-state index < -0.39 is 0 Å². The van der Waals surface area contributed by atoms with Crippen LogP contribution in [-0.4, -0.2) is 25.1 Å². The van der Waals surface area contributed by atoms with Crippen LogP contribution in [0.5, 0.6) is 5.75 Å². The van der Waals surface area contributed by atoms with E-state index in [1.54, 1.807) is 7.11 Å². The molecule has 188 valence electrons. The van der Waals surface area contributed by atoms with Crippen molar-refractivity contribution in [1.29, 1.82) is 0 Å². The summed E-state index contributed by atoms with van der Waals surface area (Å²) in [4.78, 5) is 2.59. The fraction of sp³-hybridized carbons (Fsp3) is 0.333. The first-order chi connectivity index (χ1) is 17.6. The number of hydrogen-bond acceptors (Lipinski definition) is 3. The normalized spacial score (nSPS) is 16.5. The van der Waals surface area contributed by atoms with Gasteiger partial charge in [0.15, 0.2) is 0 Å². The molecule has 0 radical (unpaired) electrons. The smallest absolute Gasteiger partial charge is 0.119 e. The highest BCUT2D eigenvalue weighted by Crippen LogP contribution is 2.34. The van der Waals surface area contributed by atoms with Crippen molar-refractivity contribution in [2.75, 3.05) is 20.2 Å². The summed E-state index contributed by atoms with van der Waals surface area (Å²) in [6, 6.07) is 26.3. The molecule has 1 aliphatic rings. The molecule has 0 bridgehead atoms. The zero-order valence-electron chi connectivity index (χ0n) is 22.3. The van der Waals surface area contributed by atoms with Gasteiger partial charge in [0.2, 0.25) is 0 Å². The van der Waals surface area contributed by atoms with E-state index in [0.717, 1.165) is 44.6 Å². The van der Waals surface area contributed by atoms with Gasteiger partial charge in [-0.15, -0.1) is 0 Å². The number of fused-ring (bicyclic) bond motifs is 1. The van der Waals surface area contributed by atoms with Crippen molar-refractivity contribution in [2.24, 2.45) is 0 Å². The summed E-state index contributed by atoms with van der Waals surface area (Å²) >= 11 is 0. The summed E-state index contributed by atoms with van der Waals surface area (Å²) in [6.07, 6.45) is 7.70. The zero-order valence-corrected chi connectivity index (χ0v) is 22.3. The van der Waals surface area contributed by atoms with E-state index >= 15 is 0 Å². The lowest BCUT2D eigenvalue weighted by atomic mass is 9.92. The highest BCUT2D eigenvalue weighted by molar-refractivity contribution is 5.67. The number of hydrogen-bond donors (Lipinski definition) is 1. The first kappa shape index (κ1) is 25.8. The third-order valence-electron chi connectivity index (χ3n) is 7.16. The van der Waals surface area contributed by atoms with Crippen molar-refractivity contribution < 1.29 is 4.74 Å². The minimum absolute atomic E-state index is 0.356. The minimum atomic E-state index is 0.356. The molecule has 0 saturated carbocycles.